The van der Waals surface area contributed by atoms with Crippen LogP contribution >= 0.6 is 39.0 Å². The quantitative estimate of drug-likeness (QED) is 0.194. The lowest BCUT2D eigenvalue weighted by Gasteiger charge is -2.21. The Bertz CT molecular complexity index is 1430. The van der Waals surface area contributed by atoms with Gasteiger partial charge in [-0.2, -0.15) is 18.3 Å². The monoisotopic (exact) mass is 596 g/mol. The number of aromatic nitrogens is 5. The molecule has 2 aliphatic rings. The molecule has 12 heteroatoms. The lowest BCUT2D eigenvalue weighted by molar-refractivity contribution is -0.140. The second-order valence-electron chi connectivity index (χ2n) is 9.67. The molecule has 3 aromatic heterocycles. The number of thioether (sulfide) groups is 1. The molecule has 1 aliphatic heterocycles. The third-order valence-corrected chi connectivity index (χ3v) is 10.2. The lowest BCUT2D eigenvalue weighted by Crippen LogP contribution is -2.27. The number of thiophene rings is 1. The predicted octanol–water partition coefficient (Wildman–Crippen LogP) is 5.97. The zero-order valence-electron chi connectivity index (χ0n) is 19.7. The van der Waals surface area contributed by atoms with E-state index >= 15 is 0 Å². The van der Waals surface area contributed by atoms with Gasteiger partial charge in [0.05, 0.1) is 4.88 Å². The predicted molar refractivity (Wildman–Crippen MR) is 139 cm³/mol. The van der Waals surface area contributed by atoms with E-state index in [0.29, 0.717) is 20.9 Å². The summed E-state index contributed by atoms with van der Waals surface area (Å²) in [5.41, 5.74) is 0.942. The van der Waals surface area contributed by atoms with Gasteiger partial charge in [-0.05, 0) is 49.1 Å². The summed E-state index contributed by atoms with van der Waals surface area (Å²) < 4.78 is 44.3. The van der Waals surface area contributed by atoms with Gasteiger partial charge >= 0.3 is 6.18 Å². The molecule has 1 saturated heterocycles. The topological polar surface area (TPSA) is 51.8 Å². The molecule has 6 nitrogen and oxygen atoms in total. The smallest absolute Gasteiger partial charge is 0.304 e. The molecule has 0 N–H and O–H groups in total. The molecule has 4 heterocycles. The van der Waals surface area contributed by atoms with Crippen molar-refractivity contribution in [3.8, 4) is 10.7 Å². The van der Waals surface area contributed by atoms with Crippen molar-refractivity contribution in [3.05, 3.63) is 46.1 Å². The van der Waals surface area contributed by atoms with Gasteiger partial charge in [0, 0.05) is 48.2 Å². The number of piperidine rings is 1. The Morgan fingerprint density at radius 3 is 2.72 bits per heavy atom. The van der Waals surface area contributed by atoms with Crippen molar-refractivity contribution in [2.75, 3.05) is 25.4 Å². The summed E-state index contributed by atoms with van der Waals surface area (Å²) in [4.78, 5) is 3.70. The molecule has 0 bridgehead atoms. The molecule has 1 aliphatic carbocycles. The number of benzene rings is 1. The van der Waals surface area contributed by atoms with Crippen LogP contribution in [-0.4, -0.2) is 54.8 Å². The van der Waals surface area contributed by atoms with E-state index < -0.39 is 11.9 Å². The van der Waals surface area contributed by atoms with Crippen LogP contribution in [0.1, 0.15) is 24.1 Å². The minimum Gasteiger partial charge on any atom is -0.304 e. The summed E-state index contributed by atoms with van der Waals surface area (Å²) in [6.45, 7) is 3.34. The number of likely N-dealkylation sites (tertiary alicyclic amines) is 1. The van der Waals surface area contributed by atoms with Crippen molar-refractivity contribution < 1.29 is 13.2 Å². The van der Waals surface area contributed by atoms with E-state index in [1.54, 1.807) is 11.8 Å². The highest BCUT2D eigenvalue weighted by Gasteiger charge is 2.60. The highest BCUT2D eigenvalue weighted by molar-refractivity contribution is 9.10. The van der Waals surface area contributed by atoms with Crippen LogP contribution in [0.4, 0.5) is 13.2 Å². The van der Waals surface area contributed by atoms with E-state index in [1.165, 1.54) is 41.1 Å². The number of aryl methyl sites for hydroxylation is 1. The molecule has 0 spiro atoms. The van der Waals surface area contributed by atoms with Gasteiger partial charge in [-0.1, -0.05) is 39.8 Å². The summed E-state index contributed by atoms with van der Waals surface area (Å²) in [6, 6.07) is 10.3. The summed E-state index contributed by atoms with van der Waals surface area (Å²) in [5, 5.41) is 13.1. The van der Waals surface area contributed by atoms with E-state index in [0.717, 1.165) is 47.4 Å². The number of fused-ring (bicyclic) bond motifs is 2. The minimum absolute atomic E-state index is 0.103. The van der Waals surface area contributed by atoms with E-state index in [1.807, 2.05) is 11.6 Å². The highest BCUT2D eigenvalue weighted by atomic mass is 79.9. The van der Waals surface area contributed by atoms with Gasteiger partial charge in [-0.15, -0.1) is 21.5 Å². The van der Waals surface area contributed by atoms with Crippen molar-refractivity contribution in [1.82, 2.24) is 29.4 Å². The molecule has 190 valence electrons. The molecule has 4 aromatic rings. The first kappa shape index (κ1) is 24.4. The molecule has 0 radical (unpaired) electrons. The Morgan fingerprint density at radius 1 is 1.19 bits per heavy atom. The number of hydrogen-bond donors (Lipinski definition) is 0. The lowest BCUT2D eigenvalue weighted by atomic mass is 9.95. The maximum atomic E-state index is 13.3. The van der Waals surface area contributed by atoms with Gasteiger partial charge < -0.3 is 9.47 Å². The Morgan fingerprint density at radius 2 is 1.97 bits per heavy atom. The number of halogens is 4. The van der Waals surface area contributed by atoms with Crippen LogP contribution < -0.4 is 0 Å². The van der Waals surface area contributed by atoms with Gasteiger partial charge in [-0.3, -0.25) is 4.68 Å². The summed E-state index contributed by atoms with van der Waals surface area (Å²) >= 11 is 6.42. The number of rotatable bonds is 7. The number of nitrogens with zero attached hydrogens (tertiary/aromatic N) is 6. The van der Waals surface area contributed by atoms with Gasteiger partial charge in [0.2, 0.25) is 0 Å². The maximum Gasteiger partial charge on any atom is 0.435 e. The normalized spacial score (nSPS) is 22.0. The molecule has 0 amide bonds. The Labute approximate surface area is 223 Å². The van der Waals surface area contributed by atoms with Crippen LogP contribution in [-0.2, 0) is 25.7 Å². The van der Waals surface area contributed by atoms with Crippen LogP contribution in [0.25, 0.3) is 20.9 Å². The molecule has 36 heavy (non-hydrogen) atoms. The molecule has 2 fully saturated rings. The van der Waals surface area contributed by atoms with Crippen LogP contribution in [0.5, 0.6) is 0 Å². The molecule has 1 aromatic carbocycles. The van der Waals surface area contributed by atoms with Crippen molar-refractivity contribution in [3.63, 3.8) is 0 Å². The second-order valence-corrected chi connectivity index (χ2v) is 12.7. The van der Waals surface area contributed by atoms with Gasteiger partial charge in [0.25, 0.3) is 0 Å². The average molecular weight is 598 g/mol. The Balaban J connectivity index is 1.06. The first-order valence-corrected chi connectivity index (χ1v) is 14.3. The second kappa shape index (κ2) is 8.85. The van der Waals surface area contributed by atoms with Gasteiger partial charge in [-0.25, -0.2) is 0 Å². The van der Waals surface area contributed by atoms with Crippen molar-refractivity contribution in [2.45, 2.75) is 29.6 Å². The Kier molecular flexibility index (Phi) is 6.01. The van der Waals surface area contributed by atoms with Crippen molar-refractivity contribution in [1.29, 1.82) is 0 Å². The van der Waals surface area contributed by atoms with Crippen LogP contribution in [0.2, 0.25) is 0 Å². The standard InChI is InChI=1S/C24H24BrF3N6S2/c1-32-20(18-10-17-19(24(26,27)28)31-33(2)21(17)36-18)29-30-22(32)35-9-3-8-34-12-15-11-23(15,13-34)14-4-6-16(25)7-5-14/h4-7,10,15H,3,8-9,11-13H2,1-2H3/t15-,23?/m1/s1. The maximum absolute atomic E-state index is 13.3. The summed E-state index contributed by atoms with van der Waals surface area (Å²) in [7, 11) is 3.39. The van der Waals surface area contributed by atoms with Crippen LogP contribution in [0.15, 0.2) is 40.0 Å². The van der Waals surface area contributed by atoms with Gasteiger partial charge in [0.1, 0.15) is 4.83 Å². The molecular formula is C24H24BrF3N6S2. The highest BCUT2D eigenvalue weighted by Crippen LogP contribution is 2.59. The summed E-state index contributed by atoms with van der Waals surface area (Å²) in [5.74, 6) is 2.25. The minimum atomic E-state index is -4.49. The fourth-order valence-electron chi connectivity index (χ4n) is 5.45. The van der Waals surface area contributed by atoms with E-state index in [-0.39, 0.29) is 5.39 Å². The molecule has 1 saturated carbocycles. The fraction of sp³-hybridized carbons (Fsp3) is 0.458. The third kappa shape index (κ3) is 4.19. The van der Waals surface area contributed by atoms with Gasteiger partial charge in [0.15, 0.2) is 16.7 Å². The van der Waals surface area contributed by atoms with Crippen molar-refractivity contribution >= 4 is 49.2 Å². The molecule has 2 atom stereocenters. The number of hydrogen-bond acceptors (Lipinski definition) is 6. The Hall–Kier alpha value is -1.89. The van der Waals surface area contributed by atoms with E-state index in [9.17, 15) is 13.2 Å². The van der Waals surface area contributed by atoms with Crippen molar-refractivity contribution in [2.24, 2.45) is 20.0 Å². The van der Waals surface area contributed by atoms with Crippen LogP contribution in [0, 0.1) is 5.92 Å². The molecule has 6 rings (SSSR count). The van der Waals surface area contributed by atoms with E-state index in [4.69, 9.17) is 0 Å². The SMILES string of the molecule is Cn1c(SCCCN2C[C@H]3CC3(c3ccc(Br)cc3)C2)nnc1-c1cc2c(C(F)(F)F)nn(C)c2s1. The van der Waals surface area contributed by atoms with E-state index in [2.05, 4.69) is 60.4 Å². The average Bonchev–Trinajstić information content (AvgIpc) is 3.22. The fourth-order valence-corrected chi connectivity index (χ4v) is 7.64. The first-order chi connectivity index (χ1) is 17.2. The zero-order valence-corrected chi connectivity index (χ0v) is 22.9. The molecule has 1 unspecified atom stereocenters. The first-order valence-electron chi connectivity index (χ1n) is 11.7. The number of alkyl halides is 3. The largest absolute Gasteiger partial charge is 0.435 e. The summed E-state index contributed by atoms with van der Waals surface area (Å²) in [6.07, 6.45) is -2.16. The third-order valence-electron chi connectivity index (χ3n) is 7.32. The molecular weight excluding hydrogens is 573 g/mol. The van der Waals surface area contributed by atoms with Crippen LogP contribution in [0.3, 0.4) is 0 Å². The zero-order chi connectivity index (χ0) is 25.2.